The molecular formula is C22H35N7O. The zero-order valence-corrected chi connectivity index (χ0v) is 18.2. The number of nitrogens with zero attached hydrogens (tertiary/aromatic N) is 5. The second kappa shape index (κ2) is 10.1. The van der Waals surface area contributed by atoms with Crippen molar-refractivity contribution in [3.8, 4) is 17.0 Å². The molecule has 3 aromatic heterocycles. The molecule has 0 spiro atoms. The first kappa shape index (κ1) is 21.6. The Morgan fingerprint density at radius 1 is 1.27 bits per heavy atom. The summed E-state index contributed by atoms with van der Waals surface area (Å²) in [4.78, 5) is 4.49. The van der Waals surface area contributed by atoms with Gasteiger partial charge in [-0.25, -0.2) is 4.98 Å². The molecule has 0 unspecified atom stereocenters. The van der Waals surface area contributed by atoms with E-state index in [-0.39, 0.29) is 8.96 Å². The third-order valence-corrected chi connectivity index (χ3v) is 4.80. The molecule has 0 saturated carbocycles. The molecule has 8 heteroatoms. The van der Waals surface area contributed by atoms with Crippen LogP contribution in [0.25, 0.3) is 11.1 Å². The molecule has 30 heavy (non-hydrogen) atoms. The van der Waals surface area contributed by atoms with E-state index < -0.39 is 0 Å². The van der Waals surface area contributed by atoms with Crippen molar-refractivity contribution in [2.45, 2.75) is 25.9 Å². The highest BCUT2D eigenvalue weighted by atomic mass is 16.5. The molecule has 2 N–H and O–H groups in total. The highest BCUT2D eigenvalue weighted by Crippen LogP contribution is 2.31. The number of aryl methyl sites for hydroxylation is 2. The maximum Gasteiger partial charge on any atom is 0.237 e. The van der Waals surface area contributed by atoms with E-state index in [2.05, 4.69) is 51.6 Å². The highest BCUT2D eigenvalue weighted by Gasteiger charge is 2.21. The molecule has 1 aliphatic heterocycles. The van der Waals surface area contributed by atoms with Crippen LogP contribution in [-0.2, 0) is 14.1 Å². The van der Waals surface area contributed by atoms with Gasteiger partial charge < -0.3 is 15.4 Å². The molecule has 8 nitrogen and oxygen atoms in total. The van der Waals surface area contributed by atoms with E-state index in [0.717, 1.165) is 36.4 Å². The number of fused-ring (bicyclic) bond motifs is 1. The first-order chi connectivity index (χ1) is 14.5. The summed E-state index contributed by atoms with van der Waals surface area (Å²) in [5.41, 5.74) is 4.24. The van der Waals surface area contributed by atoms with Crippen molar-refractivity contribution in [1.82, 2.24) is 29.9 Å². The fourth-order valence-corrected chi connectivity index (χ4v) is 3.21. The van der Waals surface area contributed by atoms with E-state index in [9.17, 15) is 0 Å². The van der Waals surface area contributed by atoms with Gasteiger partial charge >= 0.3 is 0 Å². The van der Waals surface area contributed by atoms with Crippen LogP contribution < -0.4 is 15.4 Å². The number of hydrogen-bond donors (Lipinski definition) is 2. The van der Waals surface area contributed by atoms with Gasteiger partial charge in [0.25, 0.3) is 0 Å². The molecule has 164 valence electrons. The zero-order valence-electron chi connectivity index (χ0n) is 18.2. The summed E-state index contributed by atoms with van der Waals surface area (Å²) in [6.07, 6.45) is 11.4. The van der Waals surface area contributed by atoms with E-state index in [1.54, 1.807) is 10.8 Å². The monoisotopic (exact) mass is 413 g/mol. The Bertz CT molecular complexity index is 973. The van der Waals surface area contributed by atoms with Gasteiger partial charge in [0, 0.05) is 59.8 Å². The Balaban J connectivity index is 0.000000971. The van der Waals surface area contributed by atoms with Gasteiger partial charge in [-0.3, -0.25) is 9.36 Å². The second-order valence-corrected chi connectivity index (χ2v) is 7.52. The predicted octanol–water partition coefficient (Wildman–Crippen LogP) is 3.47. The minimum Gasteiger partial charge on any atom is -0.470 e. The fourth-order valence-electron chi connectivity index (χ4n) is 3.21. The van der Waals surface area contributed by atoms with Crippen LogP contribution in [0, 0.1) is 0 Å². The van der Waals surface area contributed by atoms with Crippen LogP contribution >= 0.6 is 0 Å². The summed E-state index contributed by atoms with van der Waals surface area (Å²) < 4.78 is 9.67. The van der Waals surface area contributed by atoms with Crippen molar-refractivity contribution >= 4 is 5.69 Å². The van der Waals surface area contributed by atoms with Gasteiger partial charge in [-0.05, 0) is 24.5 Å². The second-order valence-electron chi connectivity index (χ2n) is 7.52. The molecule has 4 heterocycles. The number of allylic oxidation sites excluding steroid dienone is 1. The topological polar surface area (TPSA) is 81.8 Å². The molecule has 0 aromatic carbocycles. The molecule has 0 aliphatic carbocycles. The highest BCUT2D eigenvalue weighted by molar-refractivity contribution is 5.69. The molecule has 1 aliphatic rings. The molecule has 0 amide bonds. The number of rotatable bonds is 6. The van der Waals surface area contributed by atoms with Crippen molar-refractivity contribution in [2.75, 3.05) is 25.0 Å². The number of pyridine rings is 1. The van der Waals surface area contributed by atoms with E-state index in [1.165, 1.54) is 5.56 Å². The third-order valence-electron chi connectivity index (χ3n) is 4.80. The Kier molecular flexibility index (Phi) is 7.24. The Morgan fingerprint density at radius 2 is 2.00 bits per heavy atom. The summed E-state index contributed by atoms with van der Waals surface area (Å²) in [5.74, 6) is 1.06. The molecule has 0 fully saturated rings. The van der Waals surface area contributed by atoms with Crippen LogP contribution in [0.3, 0.4) is 0 Å². The van der Waals surface area contributed by atoms with Crippen LogP contribution in [0.4, 0.5) is 5.69 Å². The van der Waals surface area contributed by atoms with Gasteiger partial charge in [-0.2, -0.15) is 10.2 Å². The molecule has 4 rings (SSSR count). The largest absolute Gasteiger partial charge is 0.470 e. The Hall–Kier alpha value is -3.13. The lowest BCUT2D eigenvalue weighted by molar-refractivity contribution is 0.193. The standard InChI is InChI=1S/C19H25N7O.C3H6.2H2/c1-13(15-7-23-25(2)11-15)5-20-9-17-10-21-18-4-14(6-22-19(18)27-17)16-8-24-26(3)12-16;1-3-2;;/h4,6-8,11-13,17,20-21H,5,9-10H2,1-3H3;3H,1H2,2H3;2*1H/t13-,17+;;;/m0.../s1. The van der Waals surface area contributed by atoms with Crippen LogP contribution in [0.2, 0.25) is 0 Å². The number of aromatic nitrogens is 5. The van der Waals surface area contributed by atoms with Crippen molar-refractivity contribution in [3.05, 3.63) is 55.3 Å². The van der Waals surface area contributed by atoms with Gasteiger partial charge in [0.1, 0.15) is 6.10 Å². The van der Waals surface area contributed by atoms with Gasteiger partial charge in [0.2, 0.25) is 5.88 Å². The van der Waals surface area contributed by atoms with Crippen LogP contribution in [0.15, 0.2) is 49.7 Å². The van der Waals surface area contributed by atoms with Gasteiger partial charge in [0.05, 0.1) is 24.6 Å². The maximum absolute atomic E-state index is 6.05. The Morgan fingerprint density at radius 3 is 2.67 bits per heavy atom. The van der Waals surface area contributed by atoms with E-state index in [1.807, 2.05) is 50.5 Å². The predicted molar refractivity (Wildman–Crippen MR) is 124 cm³/mol. The lowest BCUT2D eigenvalue weighted by Gasteiger charge is -2.27. The SMILES string of the molecule is C=CC.C[C@@H](CNC[C@@H]1CNc2cc(-c3cnn(C)c3)cnc2O1)c1cnn(C)c1.[HH].[HH]. The summed E-state index contributed by atoms with van der Waals surface area (Å²) in [7, 11) is 3.85. The number of nitrogens with one attached hydrogen (secondary N) is 2. The van der Waals surface area contributed by atoms with Crippen molar-refractivity contribution in [1.29, 1.82) is 0 Å². The molecule has 0 radical (unpaired) electrons. The molecule has 0 bridgehead atoms. The summed E-state index contributed by atoms with van der Waals surface area (Å²) in [6, 6.07) is 2.06. The van der Waals surface area contributed by atoms with Gasteiger partial charge in [0.15, 0.2) is 0 Å². The average molecular weight is 414 g/mol. The average Bonchev–Trinajstić information content (AvgIpc) is 3.36. The lowest BCUT2D eigenvalue weighted by atomic mass is 10.1. The maximum atomic E-state index is 6.05. The van der Waals surface area contributed by atoms with Crippen molar-refractivity contribution < 1.29 is 7.59 Å². The molecular weight excluding hydrogens is 378 g/mol. The lowest BCUT2D eigenvalue weighted by Crippen LogP contribution is -2.40. The zero-order chi connectivity index (χ0) is 21.5. The van der Waals surface area contributed by atoms with Crippen molar-refractivity contribution in [3.63, 3.8) is 0 Å². The van der Waals surface area contributed by atoms with Crippen LogP contribution in [-0.4, -0.2) is 50.3 Å². The number of anilines is 1. The Labute approximate surface area is 180 Å². The quantitative estimate of drug-likeness (QED) is 0.602. The number of hydrogen-bond acceptors (Lipinski definition) is 6. The minimum absolute atomic E-state index is 0. The first-order valence-corrected chi connectivity index (χ1v) is 10.2. The fraction of sp³-hybridized carbons (Fsp3) is 0.409. The van der Waals surface area contributed by atoms with Gasteiger partial charge in [-0.1, -0.05) is 13.0 Å². The van der Waals surface area contributed by atoms with Gasteiger partial charge in [-0.15, -0.1) is 6.58 Å². The molecule has 2 atom stereocenters. The van der Waals surface area contributed by atoms with E-state index in [0.29, 0.717) is 11.8 Å². The van der Waals surface area contributed by atoms with Crippen molar-refractivity contribution in [2.24, 2.45) is 14.1 Å². The molecule has 3 aromatic rings. The first-order valence-electron chi connectivity index (χ1n) is 10.2. The van der Waals surface area contributed by atoms with Crippen LogP contribution in [0.5, 0.6) is 5.88 Å². The van der Waals surface area contributed by atoms with Crippen LogP contribution in [0.1, 0.15) is 28.2 Å². The smallest absolute Gasteiger partial charge is 0.237 e. The van der Waals surface area contributed by atoms with E-state index in [4.69, 9.17) is 4.74 Å². The summed E-state index contributed by atoms with van der Waals surface area (Å²) >= 11 is 0. The third kappa shape index (κ3) is 5.48. The molecule has 0 saturated heterocycles. The summed E-state index contributed by atoms with van der Waals surface area (Å²) in [6.45, 7) is 9.84. The minimum atomic E-state index is 0. The number of ether oxygens (including phenoxy) is 1. The summed E-state index contributed by atoms with van der Waals surface area (Å²) in [5, 5.41) is 15.4. The van der Waals surface area contributed by atoms with E-state index >= 15 is 0 Å². The normalized spacial score (nSPS) is 15.8.